The van der Waals surface area contributed by atoms with Gasteiger partial charge in [0.1, 0.15) is 9.04 Å². The van der Waals surface area contributed by atoms with E-state index in [1.807, 2.05) is 36.0 Å². The smallest absolute Gasteiger partial charge is 0.127 e. The molecule has 1 unspecified atom stereocenters. The fourth-order valence-electron chi connectivity index (χ4n) is 3.40. The first-order valence-corrected chi connectivity index (χ1v) is 11.2. The van der Waals surface area contributed by atoms with Gasteiger partial charge in [-0.1, -0.05) is 6.42 Å². The van der Waals surface area contributed by atoms with E-state index in [2.05, 4.69) is 9.97 Å². The molecule has 4 heterocycles. The Bertz CT molecular complexity index is 1190. The van der Waals surface area contributed by atoms with Crippen LogP contribution < -0.4 is 5.73 Å². The topological polar surface area (TPSA) is 86.7 Å². The molecule has 28 heavy (non-hydrogen) atoms. The van der Waals surface area contributed by atoms with Gasteiger partial charge in [-0.3, -0.25) is 9.19 Å². The third-order valence-corrected chi connectivity index (χ3v) is 8.44. The number of nitrogens with two attached hydrogens (primary N) is 1. The number of hydrogen-bond donors (Lipinski definition) is 1. The highest BCUT2D eigenvalue weighted by molar-refractivity contribution is 7.88. The van der Waals surface area contributed by atoms with Crippen molar-refractivity contribution in [3.05, 3.63) is 43.1 Å². The number of nitrogen functional groups attached to an aromatic ring is 1. The fraction of sp³-hybridized carbons (Fsp3) is 0.250. The van der Waals surface area contributed by atoms with Gasteiger partial charge in [-0.2, -0.15) is 0 Å². The number of imidazole rings is 1. The maximum atomic E-state index is 13.0. The quantitative estimate of drug-likeness (QED) is 0.550. The molecule has 1 aliphatic carbocycles. The van der Waals surface area contributed by atoms with Crippen molar-refractivity contribution in [2.45, 2.75) is 28.7 Å². The van der Waals surface area contributed by atoms with E-state index in [9.17, 15) is 4.21 Å². The molecule has 5 rings (SSSR count). The summed E-state index contributed by atoms with van der Waals surface area (Å²) in [5.74, 6) is 0. The third-order valence-electron chi connectivity index (χ3n) is 5.14. The Morgan fingerprint density at radius 1 is 1.32 bits per heavy atom. The molecule has 0 spiro atoms. The predicted octanol–water partition coefficient (Wildman–Crippen LogP) is 4.00. The standard InChI is InChI=1S/C20H19N5OS2/c1-25-10-16(23-11-25)14-8-15(12-4-3-7-22-9-12)24-19-17(14)18(21)20(27-19)28(26)13-5-2-6-13/h3-4,7-11,13H,2,5-6,21H2,1H3. The lowest BCUT2D eigenvalue weighted by molar-refractivity contribution is 0.505. The van der Waals surface area contributed by atoms with Gasteiger partial charge in [0.15, 0.2) is 0 Å². The van der Waals surface area contributed by atoms with Crippen molar-refractivity contribution in [3.8, 4) is 22.5 Å². The zero-order chi connectivity index (χ0) is 19.3. The molecule has 0 amide bonds. The minimum Gasteiger partial charge on any atom is -0.396 e. The maximum absolute atomic E-state index is 13.0. The Kier molecular flexibility index (Phi) is 4.25. The van der Waals surface area contributed by atoms with Crippen LogP contribution in [0.2, 0.25) is 0 Å². The monoisotopic (exact) mass is 409 g/mol. The molecule has 6 nitrogen and oxygen atoms in total. The van der Waals surface area contributed by atoms with E-state index in [1.54, 1.807) is 18.7 Å². The molecule has 0 bridgehead atoms. The summed E-state index contributed by atoms with van der Waals surface area (Å²) in [4.78, 5) is 14.4. The molecule has 2 N–H and O–H groups in total. The van der Waals surface area contributed by atoms with Crippen LogP contribution >= 0.6 is 11.3 Å². The number of hydrogen-bond acceptors (Lipinski definition) is 6. The summed E-state index contributed by atoms with van der Waals surface area (Å²) in [5, 5.41) is 1.06. The van der Waals surface area contributed by atoms with Crippen LogP contribution in [-0.4, -0.2) is 29.0 Å². The van der Waals surface area contributed by atoms with E-state index >= 15 is 0 Å². The minimum atomic E-state index is -1.08. The normalized spacial score (nSPS) is 15.6. The van der Waals surface area contributed by atoms with E-state index in [0.29, 0.717) is 5.69 Å². The molecule has 0 aliphatic heterocycles. The van der Waals surface area contributed by atoms with Crippen molar-refractivity contribution in [1.29, 1.82) is 0 Å². The minimum absolute atomic E-state index is 0.214. The van der Waals surface area contributed by atoms with Gasteiger partial charge in [-0.05, 0) is 31.0 Å². The first kappa shape index (κ1) is 17.5. The molecule has 4 aromatic rings. The summed E-state index contributed by atoms with van der Waals surface area (Å²) in [7, 11) is 0.855. The van der Waals surface area contributed by atoms with Crippen molar-refractivity contribution in [3.63, 3.8) is 0 Å². The van der Waals surface area contributed by atoms with Crippen LogP contribution in [0.15, 0.2) is 47.3 Å². The summed E-state index contributed by atoms with van der Waals surface area (Å²) in [6.45, 7) is 0. The van der Waals surface area contributed by atoms with Crippen molar-refractivity contribution in [1.82, 2.24) is 19.5 Å². The van der Waals surface area contributed by atoms with Gasteiger partial charge in [-0.15, -0.1) is 11.3 Å². The average Bonchev–Trinajstić information content (AvgIpc) is 3.24. The van der Waals surface area contributed by atoms with Gasteiger partial charge < -0.3 is 10.3 Å². The van der Waals surface area contributed by atoms with Gasteiger partial charge in [0, 0.05) is 47.4 Å². The zero-order valence-electron chi connectivity index (χ0n) is 15.3. The van der Waals surface area contributed by atoms with E-state index in [1.165, 1.54) is 11.3 Å². The molecular formula is C20H19N5OS2. The van der Waals surface area contributed by atoms with Gasteiger partial charge in [-0.25, -0.2) is 9.97 Å². The Morgan fingerprint density at radius 2 is 2.18 bits per heavy atom. The largest absolute Gasteiger partial charge is 0.396 e. The zero-order valence-corrected chi connectivity index (χ0v) is 17.0. The first-order chi connectivity index (χ1) is 13.6. The summed E-state index contributed by atoms with van der Waals surface area (Å²) < 4.78 is 15.7. The SMILES string of the molecule is Cn1cnc(-c2cc(-c3cccnc3)nc3sc(S(=O)C4CCC4)c(N)c23)c1. The Labute approximate surface area is 168 Å². The van der Waals surface area contributed by atoms with Crippen LogP contribution in [0.3, 0.4) is 0 Å². The Morgan fingerprint density at radius 3 is 2.82 bits per heavy atom. The Hall–Kier alpha value is -2.58. The second kappa shape index (κ2) is 6.79. The highest BCUT2D eigenvalue weighted by Crippen LogP contribution is 2.44. The van der Waals surface area contributed by atoms with Crippen LogP contribution in [0.1, 0.15) is 19.3 Å². The highest BCUT2D eigenvalue weighted by atomic mass is 32.2. The van der Waals surface area contributed by atoms with Crippen molar-refractivity contribution < 1.29 is 4.21 Å². The van der Waals surface area contributed by atoms with Crippen molar-refractivity contribution in [2.75, 3.05) is 5.73 Å². The number of fused-ring (bicyclic) bond motifs is 1. The second-order valence-electron chi connectivity index (χ2n) is 7.05. The summed E-state index contributed by atoms with van der Waals surface area (Å²) in [6.07, 6.45) is 10.4. The molecule has 4 aromatic heterocycles. The van der Waals surface area contributed by atoms with E-state index in [0.717, 1.165) is 56.2 Å². The predicted molar refractivity (Wildman–Crippen MR) is 114 cm³/mol. The van der Waals surface area contributed by atoms with Crippen molar-refractivity contribution in [2.24, 2.45) is 7.05 Å². The van der Waals surface area contributed by atoms with E-state index in [-0.39, 0.29) is 5.25 Å². The summed E-state index contributed by atoms with van der Waals surface area (Å²) >= 11 is 1.44. The number of rotatable bonds is 4. The molecule has 1 aliphatic rings. The van der Waals surface area contributed by atoms with Crippen LogP contribution in [0.25, 0.3) is 32.7 Å². The van der Waals surface area contributed by atoms with Gasteiger partial charge in [0.05, 0.1) is 34.2 Å². The van der Waals surface area contributed by atoms with Crippen LogP contribution in [-0.2, 0) is 17.8 Å². The summed E-state index contributed by atoms with van der Waals surface area (Å²) in [5.41, 5.74) is 10.6. The van der Waals surface area contributed by atoms with Crippen LogP contribution in [0.4, 0.5) is 5.69 Å². The number of thiophene rings is 1. The second-order valence-corrected chi connectivity index (χ2v) is 9.98. The lowest BCUT2D eigenvalue weighted by Crippen LogP contribution is -2.23. The lowest BCUT2D eigenvalue weighted by Gasteiger charge is -2.23. The molecule has 0 saturated heterocycles. The average molecular weight is 410 g/mol. The molecule has 142 valence electrons. The highest BCUT2D eigenvalue weighted by Gasteiger charge is 2.29. The number of aromatic nitrogens is 4. The molecular weight excluding hydrogens is 390 g/mol. The van der Waals surface area contributed by atoms with Crippen molar-refractivity contribution >= 4 is 38.0 Å². The molecule has 1 atom stereocenters. The van der Waals surface area contributed by atoms with Gasteiger partial charge >= 0.3 is 0 Å². The lowest BCUT2D eigenvalue weighted by atomic mass is 10.0. The van der Waals surface area contributed by atoms with E-state index < -0.39 is 10.8 Å². The molecule has 1 fully saturated rings. The van der Waals surface area contributed by atoms with Crippen LogP contribution in [0.5, 0.6) is 0 Å². The van der Waals surface area contributed by atoms with Gasteiger partial charge in [0.2, 0.25) is 0 Å². The fourth-order valence-corrected chi connectivity index (χ4v) is 6.61. The summed E-state index contributed by atoms with van der Waals surface area (Å²) in [6, 6.07) is 5.87. The number of nitrogens with zero attached hydrogens (tertiary/aromatic N) is 4. The molecule has 0 aromatic carbocycles. The third kappa shape index (κ3) is 2.84. The van der Waals surface area contributed by atoms with Gasteiger partial charge in [0.25, 0.3) is 0 Å². The Balaban J connectivity index is 1.76. The van der Waals surface area contributed by atoms with Crippen LogP contribution in [0, 0.1) is 0 Å². The number of pyridine rings is 2. The first-order valence-electron chi connectivity index (χ1n) is 9.14. The number of aryl methyl sites for hydroxylation is 1. The molecule has 0 radical (unpaired) electrons. The van der Waals surface area contributed by atoms with E-state index in [4.69, 9.17) is 10.7 Å². The molecule has 8 heteroatoms. The maximum Gasteiger partial charge on any atom is 0.127 e. The molecule has 1 saturated carbocycles. The number of anilines is 1.